The fraction of sp³-hybridized carbons (Fsp3) is 0.571. The number of halogens is 2. The van der Waals surface area contributed by atoms with Gasteiger partial charge < -0.3 is 10.1 Å². The van der Waals surface area contributed by atoms with Crippen LogP contribution in [0.4, 0.5) is 8.78 Å². The van der Waals surface area contributed by atoms with Gasteiger partial charge in [-0.1, -0.05) is 19.1 Å². The van der Waals surface area contributed by atoms with Crippen molar-refractivity contribution in [2.45, 2.75) is 32.3 Å². The predicted octanol–water partition coefficient (Wildman–Crippen LogP) is 3.39. The largest absolute Gasteiger partial charge is 0.435 e. The molecule has 0 aliphatic heterocycles. The molecule has 1 aromatic carbocycles. The zero-order chi connectivity index (χ0) is 13.0. The van der Waals surface area contributed by atoms with E-state index in [9.17, 15) is 8.78 Å². The van der Waals surface area contributed by atoms with Gasteiger partial charge in [0.2, 0.25) is 0 Å². The molecule has 2 rings (SSSR count). The molecule has 0 bridgehead atoms. The SMILES string of the molecule is CCCNCC1CC1c1ccc(OC(F)F)cc1. The van der Waals surface area contributed by atoms with Crippen LogP contribution in [0.25, 0.3) is 0 Å². The maximum absolute atomic E-state index is 12.0. The van der Waals surface area contributed by atoms with Crippen molar-refractivity contribution in [1.29, 1.82) is 0 Å². The molecule has 2 unspecified atom stereocenters. The Morgan fingerprint density at radius 1 is 1.33 bits per heavy atom. The zero-order valence-corrected chi connectivity index (χ0v) is 10.5. The van der Waals surface area contributed by atoms with Crippen LogP contribution in [-0.4, -0.2) is 19.7 Å². The van der Waals surface area contributed by atoms with Crippen molar-refractivity contribution in [3.8, 4) is 5.75 Å². The van der Waals surface area contributed by atoms with Gasteiger partial charge in [0.05, 0.1) is 0 Å². The predicted molar refractivity (Wildman–Crippen MR) is 67.1 cm³/mol. The summed E-state index contributed by atoms with van der Waals surface area (Å²) in [5.74, 6) is 1.50. The van der Waals surface area contributed by atoms with Gasteiger partial charge in [-0.15, -0.1) is 0 Å². The highest BCUT2D eigenvalue weighted by Crippen LogP contribution is 2.47. The number of alkyl halides is 2. The molecule has 1 N–H and O–H groups in total. The first kappa shape index (κ1) is 13.3. The average molecular weight is 255 g/mol. The Balaban J connectivity index is 1.81. The van der Waals surface area contributed by atoms with Gasteiger partial charge in [-0.3, -0.25) is 0 Å². The van der Waals surface area contributed by atoms with Crippen molar-refractivity contribution in [3.63, 3.8) is 0 Å². The van der Waals surface area contributed by atoms with Crippen LogP contribution in [0.2, 0.25) is 0 Å². The molecule has 18 heavy (non-hydrogen) atoms. The molecule has 1 saturated carbocycles. The molecule has 0 radical (unpaired) electrons. The lowest BCUT2D eigenvalue weighted by molar-refractivity contribution is -0.0498. The molecule has 4 heteroatoms. The van der Waals surface area contributed by atoms with Gasteiger partial charge in [0, 0.05) is 0 Å². The van der Waals surface area contributed by atoms with E-state index in [1.807, 2.05) is 12.1 Å². The first-order valence-electron chi connectivity index (χ1n) is 6.46. The number of rotatable bonds is 7. The number of benzene rings is 1. The zero-order valence-electron chi connectivity index (χ0n) is 10.5. The molecular weight excluding hydrogens is 236 g/mol. The van der Waals surface area contributed by atoms with Crippen LogP contribution >= 0.6 is 0 Å². The Labute approximate surface area is 106 Å². The lowest BCUT2D eigenvalue weighted by Crippen LogP contribution is -2.17. The Morgan fingerprint density at radius 2 is 2.06 bits per heavy atom. The normalized spacial score (nSPS) is 22.2. The summed E-state index contributed by atoms with van der Waals surface area (Å²) in [7, 11) is 0. The first-order chi connectivity index (χ1) is 8.70. The topological polar surface area (TPSA) is 21.3 Å². The Hall–Kier alpha value is -1.16. The minimum Gasteiger partial charge on any atom is -0.435 e. The smallest absolute Gasteiger partial charge is 0.387 e. The van der Waals surface area contributed by atoms with E-state index in [0.717, 1.165) is 19.5 Å². The van der Waals surface area contributed by atoms with Crippen LogP contribution in [0.5, 0.6) is 5.75 Å². The average Bonchev–Trinajstić information content (AvgIpc) is 3.09. The standard InChI is InChI=1S/C14H19F2NO/c1-2-7-17-9-11-8-13(11)10-3-5-12(6-4-10)18-14(15)16/h3-6,11,13-14,17H,2,7-9H2,1H3. The number of nitrogens with one attached hydrogen (secondary N) is 1. The van der Waals surface area contributed by atoms with Gasteiger partial charge in [-0.2, -0.15) is 8.78 Å². The molecule has 0 heterocycles. The minimum atomic E-state index is -2.75. The van der Waals surface area contributed by atoms with E-state index in [2.05, 4.69) is 17.0 Å². The second-order valence-corrected chi connectivity index (χ2v) is 4.75. The molecule has 0 saturated heterocycles. The molecule has 100 valence electrons. The Kier molecular flexibility index (Phi) is 4.53. The van der Waals surface area contributed by atoms with Crippen molar-refractivity contribution in [2.24, 2.45) is 5.92 Å². The molecule has 1 fully saturated rings. The first-order valence-corrected chi connectivity index (χ1v) is 6.46. The molecule has 0 spiro atoms. The quantitative estimate of drug-likeness (QED) is 0.754. The maximum Gasteiger partial charge on any atom is 0.387 e. The summed E-state index contributed by atoms with van der Waals surface area (Å²) in [6.45, 7) is 1.51. The highest BCUT2D eigenvalue weighted by Gasteiger charge is 2.37. The van der Waals surface area contributed by atoms with Gasteiger partial charge in [-0.25, -0.2) is 0 Å². The van der Waals surface area contributed by atoms with E-state index in [1.165, 1.54) is 12.0 Å². The fourth-order valence-electron chi connectivity index (χ4n) is 2.24. The summed E-state index contributed by atoms with van der Waals surface area (Å²) in [4.78, 5) is 0. The van der Waals surface area contributed by atoms with Crippen LogP contribution in [0.15, 0.2) is 24.3 Å². The van der Waals surface area contributed by atoms with Crippen LogP contribution in [0, 0.1) is 5.92 Å². The molecule has 0 amide bonds. The van der Waals surface area contributed by atoms with Gasteiger partial charge >= 0.3 is 6.61 Å². The molecular formula is C14H19F2NO. The molecule has 0 aromatic heterocycles. The number of ether oxygens (including phenoxy) is 1. The fourth-order valence-corrected chi connectivity index (χ4v) is 2.24. The summed E-state index contributed by atoms with van der Waals surface area (Å²) in [6.07, 6.45) is 2.34. The van der Waals surface area contributed by atoms with Crippen molar-refractivity contribution in [3.05, 3.63) is 29.8 Å². The third kappa shape index (κ3) is 3.67. The highest BCUT2D eigenvalue weighted by atomic mass is 19.3. The molecule has 2 atom stereocenters. The van der Waals surface area contributed by atoms with Crippen molar-refractivity contribution < 1.29 is 13.5 Å². The van der Waals surface area contributed by atoms with Gasteiger partial charge in [0.1, 0.15) is 5.75 Å². The highest BCUT2D eigenvalue weighted by molar-refractivity contribution is 5.32. The van der Waals surface area contributed by atoms with E-state index < -0.39 is 6.61 Å². The summed E-state index contributed by atoms with van der Waals surface area (Å²) in [5, 5.41) is 3.41. The second-order valence-electron chi connectivity index (χ2n) is 4.75. The van der Waals surface area contributed by atoms with E-state index >= 15 is 0 Å². The number of hydrogen-bond acceptors (Lipinski definition) is 2. The summed E-state index contributed by atoms with van der Waals surface area (Å²) in [5.41, 5.74) is 1.22. The van der Waals surface area contributed by atoms with Crippen molar-refractivity contribution in [2.75, 3.05) is 13.1 Å². The Bertz CT molecular complexity index is 367. The van der Waals surface area contributed by atoms with E-state index in [1.54, 1.807) is 12.1 Å². The second kappa shape index (κ2) is 6.14. The molecule has 1 aliphatic rings. The van der Waals surface area contributed by atoms with Crippen LogP contribution in [0.3, 0.4) is 0 Å². The summed E-state index contributed by atoms with van der Waals surface area (Å²) < 4.78 is 28.3. The van der Waals surface area contributed by atoms with Crippen LogP contribution in [0.1, 0.15) is 31.2 Å². The lowest BCUT2D eigenvalue weighted by atomic mass is 10.1. The van der Waals surface area contributed by atoms with E-state index in [4.69, 9.17) is 0 Å². The van der Waals surface area contributed by atoms with Gasteiger partial charge in [-0.05, 0) is 55.5 Å². The Morgan fingerprint density at radius 3 is 2.67 bits per heavy atom. The monoisotopic (exact) mass is 255 g/mol. The summed E-state index contributed by atoms with van der Waals surface area (Å²) >= 11 is 0. The maximum atomic E-state index is 12.0. The lowest BCUT2D eigenvalue weighted by Gasteiger charge is -2.06. The van der Waals surface area contributed by atoms with Gasteiger partial charge in [0.25, 0.3) is 0 Å². The third-order valence-electron chi connectivity index (χ3n) is 3.29. The molecule has 1 aliphatic carbocycles. The van der Waals surface area contributed by atoms with E-state index in [-0.39, 0.29) is 5.75 Å². The van der Waals surface area contributed by atoms with Crippen LogP contribution in [-0.2, 0) is 0 Å². The molecule has 1 aromatic rings. The van der Waals surface area contributed by atoms with Crippen LogP contribution < -0.4 is 10.1 Å². The number of hydrogen-bond donors (Lipinski definition) is 1. The van der Waals surface area contributed by atoms with Crippen molar-refractivity contribution >= 4 is 0 Å². The van der Waals surface area contributed by atoms with E-state index in [0.29, 0.717) is 11.8 Å². The van der Waals surface area contributed by atoms with Gasteiger partial charge in [0.15, 0.2) is 0 Å². The van der Waals surface area contributed by atoms with Crippen molar-refractivity contribution in [1.82, 2.24) is 5.32 Å². The minimum absolute atomic E-state index is 0.232. The summed E-state index contributed by atoms with van der Waals surface area (Å²) in [6, 6.07) is 7.02. The third-order valence-corrected chi connectivity index (χ3v) is 3.29. The molecule has 2 nitrogen and oxygen atoms in total.